The van der Waals surface area contributed by atoms with Crippen LogP contribution in [-0.2, 0) is 6.42 Å². The number of nitrogens with zero attached hydrogens (tertiary/aromatic N) is 1. The lowest BCUT2D eigenvalue weighted by Gasteiger charge is -2.11. The maximum atomic E-state index is 6.27. The molecule has 1 heterocycles. The summed E-state index contributed by atoms with van der Waals surface area (Å²) >= 11 is 6.27. The molecule has 1 unspecified atom stereocenters. The van der Waals surface area contributed by atoms with Crippen LogP contribution in [0.4, 0.5) is 5.82 Å². The molecular weight excluding hydrogens is 208 g/mol. The van der Waals surface area contributed by atoms with Gasteiger partial charge >= 0.3 is 0 Å². The molecule has 1 fully saturated rings. The van der Waals surface area contributed by atoms with E-state index in [0.717, 1.165) is 18.8 Å². The van der Waals surface area contributed by atoms with Gasteiger partial charge in [0.2, 0.25) is 0 Å². The normalized spacial score (nSPS) is 17.7. The highest BCUT2D eigenvalue weighted by atomic mass is 35.5. The molecule has 0 amide bonds. The van der Waals surface area contributed by atoms with Crippen molar-refractivity contribution in [1.82, 2.24) is 4.98 Å². The first-order valence-electron chi connectivity index (χ1n) is 5.52. The molecule has 1 aromatic rings. The molecule has 2 N–H and O–H groups in total. The number of alkyl halides is 1. The zero-order valence-corrected chi connectivity index (χ0v) is 9.80. The van der Waals surface area contributed by atoms with Gasteiger partial charge in [0.25, 0.3) is 0 Å². The fourth-order valence-corrected chi connectivity index (χ4v) is 2.27. The largest absolute Gasteiger partial charge is 0.383 e. The summed E-state index contributed by atoms with van der Waals surface area (Å²) in [7, 11) is 0. The van der Waals surface area contributed by atoms with E-state index < -0.39 is 0 Å². The van der Waals surface area contributed by atoms with E-state index >= 15 is 0 Å². The van der Waals surface area contributed by atoms with Crippen molar-refractivity contribution in [3.8, 4) is 0 Å². The Morgan fingerprint density at radius 2 is 2.33 bits per heavy atom. The summed E-state index contributed by atoms with van der Waals surface area (Å²) in [6.45, 7) is 2.08. The van der Waals surface area contributed by atoms with Crippen LogP contribution in [0.3, 0.4) is 0 Å². The van der Waals surface area contributed by atoms with E-state index in [9.17, 15) is 0 Å². The van der Waals surface area contributed by atoms with Crippen molar-refractivity contribution in [3.63, 3.8) is 0 Å². The molecule has 15 heavy (non-hydrogen) atoms. The van der Waals surface area contributed by atoms with Gasteiger partial charge in [-0.25, -0.2) is 4.98 Å². The van der Waals surface area contributed by atoms with Crippen molar-refractivity contribution in [2.45, 2.75) is 38.0 Å². The van der Waals surface area contributed by atoms with Crippen LogP contribution in [0.2, 0.25) is 0 Å². The summed E-state index contributed by atoms with van der Waals surface area (Å²) in [5.74, 6) is 1.42. The molecule has 2 nitrogen and oxygen atoms in total. The van der Waals surface area contributed by atoms with Crippen LogP contribution in [0, 0.1) is 12.8 Å². The molecule has 0 aromatic carbocycles. The monoisotopic (exact) mass is 224 g/mol. The number of nitrogens with two attached hydrogens (primary N) is 1. The van der Waals surface area contributed by atoms with E-state index in [1.807, 2.05) is 6.07 Å². The molecule has 2 rings (SSSR count). The van der Waals surface area contributed by atoms with Crippen molar-refractivity contribution in [2.75, 3.05) is 5.73 Å². The highest BCUT2D eigenvalue weighted by Gasteiger charge is 2.29. The van der Waals surface area contributed by atoms with Crippen LogP contribution in [0.5, 0.6) is 0 Å². The minimum Gasteiger partial charge on any atom is -0.383 e. The predicted molar refractivity (Wildman–Crippen MR) is 64.1 cm³/mol. The summed E-state index contributed by atoms with van der Waals surface area (Å²) in [6.07, 6.45) is 6.33. The third kappa shape index (κ3) is 2.63. The standard InChI is InChI=1S/C12H17ClN2/c1-8-6-7-15-12(14)10(8)4-5-11(13)9-2-3-9/h6-7,9,11H,2-5H2,1H3,(H2,14,15). The van der Waals surface area contributed by atoms with Gasteiger partial charge in [0.1, 0.15) is 5.82 Å². The molecular formula is C12H17ClN2. The second kappa shape index (κ2) is 4.40. The predicted octanol–water partition coefficient (Wildman–Crippen LogP) is 2.92. The molecule has 0 radical (unpaired) electrons. The molecule has 0 spiro atoms. The lowest BCUT2D eigenvalue weighted by Crippen LogP contribution is -2.06. The topological polar surface area (TPSA) is 38.9 Å². The van der Waals surface area contributed by atoms with Gasteiger partial charge in [-0.15, -0.1) is 11.6 Å². The number of halogens is 1. The van der Waals surface area contributed by atoms with Gasteiger partial charge in [0.05, 0.1) is 0 Å². The Bertz CT molecular complexity index is 327. The first-order valence-corrected chi connectivity index (χ1v) is 5.96. The molecule has 0 saturated heterocycles. The molecule has 1 aliphatic rings. The molecule has 3 heteroatoms. The SMILES string of the molecule is Cc1ccnc(N)c1CCC(Cl)C1CC1. The molecule has 1 saturated carbocycles. The average molecular weight is 225 g/mol. The minimum absolute atomic E-state index is 0.323. The average Bonchev–Trinajstić information content (AvgIpc) is 2.99. The fourth-order valence-electron chi connectivity index (χ4n) is 1.91. The Morgan fingerprint density at radius 3 is 2.93 bits per heavy atom. The van der Waals surface area contributed by atoms with Crippen molar-refractivity contribution in [1.29, 1.82) is 0 Å². The van der Waals surface area contributed by atoms with Crippen LogP contribution < -0.4 is 5.73 Å². The van der Waals surface area contributed by atoms with E-state index in [0.29, 0.717) is 11.2 Å². The second-order valence-electron chi connectivity index (χ2n) is 4.38. The smallest absolute Gasteiger partial charge is 0.126 e. The number of nitrogen functional groups attached to an aromatic ring is 1. The fraction of sp³-hybridized carbons (Fsp3) is 0.583. The highest BCUT2D eigenvalue weighted by Crippen LogP contribution is 2.37. The third-order valence-electron chi connectivity index (χ3n) is 3.13. The number of aryl methyl sites for hydroxylation is 1. The van der Waals surface area contributed by atoms with Crippen LogP contribution >= 0.6 is 11.6 Å². The van der Waals surface area contributed by atoms with E-state index in [-0.39, 0.29) is 0 Å². The van der Waals surface area contributed by atoms with E-state index in [1.54, 1.807) is 6.20 Å². The maximum absolute atomic E-state index is 6.27. The van der Waals surface area contributed by atoms with Crippen molar-refractivity contribution < 1.29 is 0 Å². The number of hydrogen-bond acceptors (Lipinski definition) is 2. The van der Waals surface area contributed by atoms with Crippen molar-refractivity contribution in [3.05, 3.63) is 23.4 Å². The first kappa shape index (κ1) is 10.7. The van der Waals surface area contributed by atoms with E-state index in [4.69, 9.17) is 17.3 Å². The summed E-state index contributed by atoms with van der Waals surface area (Å²) in [4.78, 5) is 4.11. The highest BCUT2D eigenvalue weighted by molar-refractivity contribution is 6.20. The molecule has 1 aliphatic carbocycles. The quantitative estimate of drug-likeness (QED) is 0.799. The molecule has 0 aliphatic heterocycles. The zero-order valence-electron chi connectivity index (χ0n) is 9.04. The van der Waals surface area contributed by atoms with Gasteiger partial charge in [-0.3, -0.25) is 0 Å². The number of anilines is 1. The van der Waals surface area contributed by atoms with Crippen molar-refractivity contribution >= 4 is 17.4 Å². The summed E-state index contributed by atoms with van der Waals surface area (Å²) in [5.41, 5.74) is 8.24. The van der Waals surface area contributed by atoms with E-state index in [2.05, 4.69) is 11.9 Å². The van der Waals surface area contributed by atoms with Gasteiger partial charge in [0, 0.05) is 11.6 Å². The molecule has 82 valence electrons. The van der Waals surface area contributed by atoms with Crippen LogP contribution in [0.25, 0.3) is 0 Å². The van der Waals surface area contributed by atoms with Crippen LogP contribution in [0.1, 0.15) is 30.4 Å². The number of pyridine rings is 1. The summed E-state index contributed by atoms with van der Waals surface area (Å²) < 4.78 is 0. The number of aromatic nitrogens is 1. The van der Waals surface area contributed by atoms with Crippen molar-refractivity contribution in [2.24, 2.45) is 5.92 Å². The zero-order chi connectivity index (χ0) is 10.8. The Kier molecular flexibility index (Phi) is 3.15. The second-order valence-corrected chi connectivity index (χ2v) is 4.94. The minimum atomic E-state index is 0.323. The summed E-state index contributed by atoms with van der Waals surface area (Å²) in [5, 5.41) is 0.323. The number of rotatable bonds is 4. The molecule has 0 bridgehead atoms. The maximum Gasteiger partial charge on any atom is 0.126 e. The van der Waals surface area contributed by atoms with Gasteiger partial charge < -0.3 is 5.73 Å². The molecule has 1 atom stereocenters. The Hall–Kier alpha value is -0.760. The molecule has 1 aromatic heterocycles. The van der Waals surface area contributed by atoms with E-state index in [1.165, 1.54) is 24.0 Å². The third-order valence-corrected chi connectivity index (χ3v) is 3.70. The Labute approximate surface area is 95.8 Å². The van der Waals surface area contributed by atoms with Gasteiger partial charge in [-0.2, -0.15) is 0 Å². The Balaban J connectivity index is 1.97. The Morgan fingerprint density at radius 1 is 1.60 bits per heavy atom. The first-order chi connectivity index (χ1) is 7.18. The van der Waals surface area contributed by atoms with Gasteiger partial charge in [-0.05, 0) is 55.7 Å². The van der Waals surface area contributed by atoms with Gasteiger partial charge in [0.15, 0.2) is 0 Å². The van der Waals surface area contributed by atoms with Gasteiger partial charge in [-0.1, -0.05) is 0 Å². The lowest BCUT2D eigenvalue weighted by atomic mass is 10.0. The summed E-state index contributed by atoms with van der Waals surface area (Å²) in [6, 6.07) is 2.01. The van der Waals surface area contributed by atoms with Crippen LogP contribution in [-0.4, -0.2) is 10.4 Å². The number of hydrogen-bond donors (Lipinski definition) is 1. The lowest BCUT2D eigenvalue weighted by molar-refractivity contribution is 0.675. The van der Waals surface area contributed by atoms with Crippen LogP contribution in [0.15, 0.2) is 12.3 Å².